The van der Waals surface area contributed by atoms with E-state index >= 15 is 0 Å². The topological polar surface area (TPSA) is 93.8 Å². The highest BCUT2D eigenvalue weighted by atomic mass is 32.2. The Morgan fingerprint density at radius 3 is 2.42 bits per heavy atom. The first-order chi connectivity index (χ1) is 12.2. The third kappa shape index (κ3) is 5.49. The van der Waals surface area contributed by atoms with Crippen LogP contribution in [-0.2, 0) is 10.0 Å². The first-order valence-corrected chi connectivity index (χ1v) is 9.99. The quantitative estimate of drug-likeness (QED) is 0.515. The van der Waals surface area contributed by atoms with E-state index < -0.39 is 20.8 Å². The van der Waals surface area contributed by atoms with E-state index in [-0.39, 0.29) is 22.0 Å². The van der Waals surface area contributed by atoms with Crippen LogP contribution in [0.3, 0.4) is 0 Å². The Morgan fingerprint density at radius 2 is 1.85 bits per heavy atom. The van der Waals surface area contributed by atoms with E-state index in [1.165, 1.54) is 36.4 Å². The molecule has 0 atom stereocenters. The summed E-state index contributed by atoms with van der Waals surface area (Å²) in [5.41, 5.74) is -0.319. The fraction of sp³-hybridized carbons (Fsp3) is 0.250. The number of halogens is 1. The lowest BCUT2D eigenvalue weighted by Gasteiger charge is -2.10. The number of likely N-dealkylation sites (N-methyl/N-ethyl adjacent to an activating group) is 1. The molecule has 2 N–H and O–H groups in total. The SMILES string of the molecule is C[NH+](C)CCNS(=O)(=O)c1ccc(Sc2ccc(F)cc2)c([N+](=O)[O-])c1. The Bertz CT molecular complexity index is 887. The Morgan fingerprint density at radius 1 is 1.19 bits per heavy atom. The van der Waals surface area contributed by atoms with Gasteiger partial charge in [0.25, 0.3) is 5.69 Å². The molecular weight excluding hydrogens is 381 g/mol. The van der Waals surface area contributed by atoms with Gasteiger partial charge in [0, 0.05) is 11.0 Å². The molecule has 26 heavy (non-hydrogen) atoms. The number of hydrogen-bond donors (Lipinski definition) is 2. The van der Waals surface area contributed by atoms with Crippen LogP contribution in [0.15, 0.2) is 57.2 Å². The fourth-order valence-corrected chi connectivity index (χ4v) is 3.99. The van der Waals surface area contributed by atoms with Gasteiger partial charge in [-0.05, 0) is 36.4 Å². The zero-order valence-electron chi connectivity index (χ0n) is 14.2. The van der Waals surface area contributed by atoms with Crippen molar-refractivity contribution in [3.63, 3.8) is 0 Å². The number of nitro benzene ring substituents is 1. The number of sulfonamides is 1. The fourth-order valence-electron chi connectivity index (χ4n) is 2.04. The van der Waals surface area contributed by atoms with E-state index in [4.69, 9.17) is 0 Å². The monoisotopic (exact) mass is 400 g/mol. The van der Waals surface area contributed by atoms with Gasteiger partial charge in [-0.15, -0.1) is 0 Å². The third-order valence-corrected chi connectivity index (χ3v) is 5.93. The maximum atomic E-state index is 13.0. The molecule has 0 aliphatic rings. The average molecular weight is 400 g/mol. The molecule has 0 aliphatic carbocycles. The molecule has 0 aliphatic heterocycles. The number of rotatable bonds is 8. The third-order valence-electron chi connectivity index (χ3n) is 3.40. The zero-order chi connectivity index (χ0) is 19.3. The van der Waals surface area contributed by atoms with Crippen LogP contribution in [0.1, 0.15) is 0 Å². The molecular formula is C16H19FN3O4S2+. The van der Waals surface area contributed by atoms with Gasteiger partial charge in [0.15, 0.2) is 0 Å². The molecule has 2 rings (SSSR count). The summed E-state index contributed by atoms with van der Waals surface area (Å²) in [6.07, 6.45) is 0. The van der Waals surface area contributed by atoms with Crippen molar-refractivity contribution in [1.82, 2.24) is 4.72 Å². The van der Waals surface area contributed by atoms with E-state index in [9.17, 15) is 22.9 Å². The van der Waals surface area contributed by atoms with E-state index in [1.807, 2.05) is 14.1 Å². The Kier molecular flexibility index (Phi) is 6.70. The summed E-state index contributed by atoms with van der Waals surface area (Å²) in [5, 5.41) is 11.4. The number of quaternary nitrogens is 1. The molecule has 7 nitrogen and oxygen atoms in total. The maximum absolute atomic E-state index is 13.0. The molecule has 10 heteroatoms. The van der Waals surface area contributed by atoms with Crippen molar-refractivity contribution < 1.29 is 22.6 Å². The Labute approximate surface area is 155 Å². The Hall–Kier alpha value is -2.01. The van der Waals surface area contributed by atoms with Crippen LogP contribution < -0.4 is 9.62 Å². The highest BCUT2D eigenvalue weighted by Gasteiger charge is 2.22. The second-order valence-corrected chi connectivity index (χ2v) is 8.68. The van der Waals surface area contributed by atoms with Gasteiger partial charge in [-0.3, -0.25) is 10.1 Å². The first-order valence-electron chi connectivity index (χ1n) is 7.69. The predicted molar refractivity (Wildman–Crippen MR) is 96.5 cm³/mol. The van der Waals surface area contributed by atoms with Gasteiger partial charge in [0.2, 0.25) is 10.0 Å². The normalized spacial score (nSPS) is 11.7. The minimum Gasteiger partial charge on any atom is -0.339 e. The summed E-state index contributed by atoms with van der Waals surface area (Å²) in [5.74, 6) is -0.407. The minimum absolute atomic E-state index is 0.165. The van der Waals surface area contributed by atoms with Gasteiger partial charge >= 0.3 is 0 Å². The van der Waals surface area contributed by atoms with Crippen LogP contribution in [0.4, 0.5) is 10.1 Å². The molecule has 2 aromatic carbocycles. The van der Waals surface area contributed by atoms with Gasteiger partial charge in [0.05, 0.1) is 41.9 Å². The average Bonchev–Trinajstić information content (AvgIpc) is 2.56. The van der Waals surface area contributed by atoms with E-state index in [0.29, 0.717) is 11.4 Å². The van der Waals surface area contributed by atoms with Crippen LogP contribution >= 0.6 is 11.8 Å². The zero-order valence-corrected chi connectivity index (χ0v) is 15.9. The molecule has 0 radical (unpaired) electrons. The molecule has 0 amide bonds. The number of nitrogens with one attached hydrogen (secondary N) is 2. The lowest BCUT2D eigenvalue weighted by molar-refractivity contribution is -0.856. The highest BCUT2D eigenvalue weighted by Crippen LogP contribution is 2.36. The summed E-state index contributed by atoms with van der Waals surface area (Å²) in [7, 11) is -0.0548. The molecule has 0 heterocycles. The van der Waals surface area contributed by atoms with Crippen LogP contribution in [0.5, 0.6) is 0 Å². The van der Waals surface area contributed by atoms with Crippen LogP contribution in [0, 0.1) is 15.9 Å². The molecule has 0 bridgehead atoms. The van der Waals surface area contributed by atoms with Gasteiger partial charge in [-0.2, -0.15) is 0 Å². The van der Waals surface area contributed by atoms with Gasteiger partial charge in [-0.25, -0.2) is 17.5 Å². The second-order valence-electron chi connectivity index (χ2n) is 5.80. The van der Waals surface area contributed by atoms with Gasteiger partial charge in [0.1, 0.15) is 5.82 Å². The number of benzene rings is 2. The van der Waals surface area contributed by atoms with Crippen LogP contribution in [-0.4, -0.2) is 40.5 Å². The summed E-state index contributed by atoms with van der Waals surface area (Å²) in [6.45, 7) is 0.810. The molecule has 0 spiro atoms. The molecule has 0 aromatic heterocycles. The molecule has 0 unspecified atom stereocenters. The smallest absolute Gasteiger partial charge is 0.284 e. The molecule has 0 saturated carbocycles. The van der Waals surface area contributed by atoms with Crippen molar-refractivity contribution in [1.29, 1.82) is 0 Å². The molecule has 0 fully saturated rings. The lowest BCUT2D eigenvalue weighted by Crippen LogP contribution is -3.06. The standard InChI is InChI=1S/C16H18FN3O4S2/c1-19(2)10-9-18-26(23,24)14-7-8-16(15(11-14)20(21)22)25-13-5-3-12(17)4-6-13/h3-8,11,18H,9-10H2,1-2H3/p+1. The largest absolute Gasteiger partial charge is 0.339 e. The number of nitro groups is 1. The van der Waals surface area contributed by atoms with Gasteiger partial charge in [-0.1, -0.05) is 11.8 Å². The number of nitrogens with zero attached hydrogens (tertiary/aromatic N) is 1. The lowest BCUT2D eigenvalue weighted by atomic mass is 10.3. The summed E-state index contributed by atoms with van der Waals surface area (Å²) in [4.78, 5) is 12.5. The van der Waals surface area contributed by atoms with Crippen LogP contribution in [0.2, 0.25) is 0 Å². The van der Waals surface area contributed by atoms with Crippen molar-refractivity contribution >= 4 is 27.5 Å². The second kappa shape index (κ2) is 8.58. The van der Waals surface area contributed by atoms with Crippen molar-refractivity contribution in [3.8, 4) is 0 Å². The highest BCUT2D eigenvalue weighted by molar-refractivity contribution is 7.99. The van der Waals surface area contributed by atoms with Crippen molar-refractivity contribution in [2.45, 2.75) is 14.7 Å². The van der Waals surface area contributed by atoms with Crippen molar-refractivity contribution in [2.75, 3.05) is 27.2 Å². The molecule has 0 saturated heterocycles. The predicted octanol–water partition coefficient (Wildman–Crippen LogP) is 1.31. The van der Waals surface area contributed by atoms with Crippen LogP contribution in [0.25, 0.3) is 0 Å². The van der Waals surface area contributed by atoms with Crippen molar-refractivity contribution in [2.24, 2.45) is 0 Å². The number of hydrogen-bond acceptors (Lipinski definition) is 5. The molecule has 2 aromatic rings. The summed E-state index contributed by atoms with van der Waals surface area (Å²) < 4.78 is 40.0. The minimum atomic E-state index is -3.83. The summed E-state index contributed by atoms with van der Waals surface area (Å²) in [6, 6.07) is 9.25. The van der Waals surface area contributed by atoms with E-state index in [1.54, 1.807) is 0 Å². The first kappa shape index (κ1) is 20.3. The van der Waals surface area contributed by atoms with E-state index in [2.05, 4.69) is 4.72 Å². The van der Waals surface area contributed by atoms with E-state index in [0.717, 1.165) is 22.7 Å². The Balaban J connectivity index is 2.27. The maximum Gasteiger partial charge on any atom is 0.284 e. The summed E-state index contributed by atoms with van der Waals surface area (Å²) >= 11 is 1.07. The molecule has 140 valence electrons. The van der Waals surface area contributed by atoms with Gasteiger partial charge < -0.3 is 4.90 Å². The van der Waals surface area contributed by atoms with Crippen molar-refractivity contribution in [3.05, 3.63) is 58.4 Å².